The minimum absolute atomic E-state index is 0.0208. The smallest absolute Gasteiger partial charge is 0.159 e. The third kappa shape index (κ3) is 3.53. The first-order valence-corrected chi connectivity index (χ1v) is 6.73. The van der Waals surface area contributed by atoms with Gasteiger partial charge in [0.05, 0.1) is 7.11 Å². The van der Waals surface area contributed by atoms with E-state index in [1.807, 2.05) is 24.3 Å². The van der Waals surface area contributed by atoms with Crippen molar-refractivity contribution < 1.29 is 13.5 Å². The third-order valence-electron chi connectivity index (χ3n) is 2.85. The number of hydrogen-bond acceptors (Lipinski definition) is 1. The average Bonchev–Trinajstić information content (AvgIpc) is 2.43. The van der Waals surface area contributed by atoms with Crippen molar-refractivity contribution in [1.29, 1.82) is 0 Å². The van der Waals surface area contributed by atoms with Crippen molar-refractivity contribution in [1.82, 2.24) is 0 Å². The first-order valence-electron chi connectivity index (χ1n) is 5.82. The largest absolute Gasteiger partial charge is 0.497 e. The van der Waals surface area contributed by atoms with Gasteiger partial charge in [-0.3, -0.25) is 0 Å². The summed E-state index contributed by atoms with van der Waals surface area (Å²) in [5, 5.41) is 0. The molecule has 0 saturated carbocycles. The Morgan fingerprint density at radius 2 is 1.89 bits per heavy atom. The van der Waals surface area contributed by atoms with Crippen LogP contribution in [0.2, 0.25) is 0 Å². The molecule has 2 aromatic rings. The molecule has 0 N–H and O–H groups in total. The molecule has 0 fully saturated rings. The van der Waals surface area contributed by atoms with Crippen LogP contribution in [0.25, 0.3) is 0 Å². The fraction of sp³-hybridized carbons (Fsp3) is 0.200. The lowest BCUT2D eigenvalue weighted by molar-refractivity contribution is 0.414. The molecule has 0 saturated heterocycles. The first kappa shape index (κ1) is 14.0. The van der Waals surface area contributed by atoms with Crippen molar-refractivity contribution in [3.63, 3.8) is 0 Å². The van der Waals surface area contributed by atoms with E-state index in [-0.39, 0.29) is 4.83 Å². The molecule has 1 unspecified atom stereocenters. The summed E-state index contributed by atoms with van der Waals surface area (Å²) < 4.78 is 31.2. The minimum atomic E-state index is -0.823. The molecule has 0 spiro atoms. The fourth-order valence-electron chi connectivity index (χ4n) is 1.83. The van der Waals surface area contributed by atoms with Crippen molar-refractivity contribution in [2.75, 3.05) is 7.11 Å². The Bertz CT molecular complexity index is 572. The zero-order chi connectivity index (χ0) is 13.8. The Hall–Kier alpha value is -1.42. The van der Waals surface area contributed by atoms with Crippen molar-refractivity contribution >= 4 is 15.9 Å². The molecule has 2 rings (SSSR count). The standard InChI is InChI=1S/C15H13BrF2O/c1-19-12-4-2-3-11(9-12)13(16)7-10-5-6-14(17)15(18)8-10/h2-6,8-9,13H,7H2,1H3. The molecule has 0 aliphatic heterocycles. The second-order valence-electron chi connectivity index (χ2n) is 4.20. The number of rotatable bonds is 4. The van der Waals surface area contributed by atoms with Gasteiger partial charge in [-0.25, -0.2) is 8.78 Å². The highest BCUT2D eigenvalue weighted by Gasteiger charge is 2.11. The summed E-state index contributed by atoms with van der Waals surface area (Å²) in [6.07, 6.45) is 0.574. The lowest BCUT2D eigenvalue weighted by atomic mass is 10.0. The van der Waals surface area contributed by atoms with Crippen LogP contribution in [0, 0.1) is 11.6 Å². The molecular weight excluding hydrogens is 314 g/mol. The first-order chi connectivity index (χ1) is 9.10. The number of ether oxygens (including phenoxy) is 1. The fourth-order valence-corrected chi connectivity index (χ4v) is 2.49. The summed E-state index contributed by atoms with van der Waals surface area (Å²) >= 11 is 3.56. The van der Waals surface area contributed by atoms with Gasteiger partial charge in [-0.15, -0.1) is 0 Å². The van der Waals surface area contributed by atoms with E-state index < -0.39 is 11.6 Å². The van der Waals surface area contributed by atoms with Crippen LogP contribution in [0.15, 0.2) is 42.5 Å². The maximum absolute atomic E-state index is 13.1. The maximum Gasteiger partial charge on any atom is 0.159 e. The van der Waals surface area contributed by atoms with Crippen LogP contribution in [0.4, 0.5) is 8.78 Å². The van der Waals surface area contributed by atoms with Gasteiger partial charge in [0.25, 0.3) is 0 Å². The van der Waals surface area contributed by atoms with E-state index in [1.165, 1.54) is 6.07 Å². The molecule has 0 aromatic heterocycles. The Labute approximate surface area is 119 Å². The second kappa shape index (κ2) is 6.15. The molecule has 0 bridgehead atoms. The van der Waals surface area contributed by atoms with Crippen LogP contribution in [-0.2, 0) is 6.42 Å². The highest BCUT2D eigenvalue weighted by atomic mass is 79.9. The second-order valence-corrected chi connectivity index (χ2v) is 5.30. The zero-order valence-electron chi connectivity index (χ0n) is 10.4. The van der Waals surface area contributed by atoms with E-state index in [4.69, 9.17) is 4.74 Å². The number of benzene rings is 2. The average molecular weight is 327 g/mol. The summed E-state index contributed by atoms with van der Waals surface area (Å²) in [7, 11) is 1.61. The Morgan fingerprint density at radius 3 is 2.58 bits per heavy atom. The SMILES string of the molecule is COc1cccc(C(Br)Cc2ccc(F)c(F)c2)c1. The van der Waals surface area contributed by atoms with Crippen LogP contribution >= 0.6 is 15.9 Å². The van der Waals surface area contributed by atoms with Crippen molar-refractivity contribution in [3.8, 4) is 5.75 Å². The molecule has 0 aliphatic carbocycles. The monoisotopic (exact) mass is 326 g/mol. The Kier molecular flexibility index (Phi) is 4.53. The van der Waals surface area contributed by atoms with Gasteiger partial charge >= 0.3 is 0 Å². The van der Waals surface area contributed by atoms with Crippen LogP contribution in [0.3, 0.4) is 0 Å². The molecular formula is C15H13BrF2O. The lowest BCUT2D eigenvalue weighted by Crippen LogP contribution is -1.97. The van der Waals surface area contributed by atoms with E-state index in [2.05, 4.69) is 15.9 Å². The van der Waals surface area contributed by atoms with Crippen molar-refractivity contribution in [3.05, 3.63) is 65.2 Å². The molecule has 4 heteroatoms. The lowest BCUT2D eigenvalue weighted by Gasteiger charge is -2.12. The number of hydrogen-bond donors (Lipinski definition) is 0. The normalized spacial score (nSPS) is 12.2. The van der Waals surface area contributed by atoms with E-state index in [9.17, 15) is 8.78 Å². The molecule has 0 radical (unpaired) electrons. The van der Waals surface area contributed by atoms with E-state index in [0.29, 0.717) is 6.42 Å². The predicted octanol–water partition coefficient (Wildman–Crippen LogP) is 4.65. The maximum atomic E-state index is 13.1. The number of halogens is 3. The van der Waals surface area contributed by atoms with Gasteiger partial charge in [-0.1, -0.05) is 34.1 Å². The summed E-state index contributed by atoms with van der Waals surface area (Å²) in [6, 6.07) is 11.6. The number of alkyl halides is 1. The Balaban J connectivity index is 2.15. The van der Waals surface area contributed by atoms with E-state index >= 15 is 0 Å². The Morgan fingerprint density at radius 1 is 1.11 bits per heavy atom. The highest BCUT2D eigenvalue weighted by molar-refractivity contribution is 9.09. The molecule has 0 amide bonds. The summed E-state index contributed by atoms with van der Waals surface area (Å²) in [5.41, 5.74) is 1.77. The van der Waals surface area contributed by atoms with Crippen molar-refractivity contribution in [2.45, 2.75) is 11.2 Å². The predicted molar refractivity (Wildman–Crippen MR) is 74.7 cm³/mol. The molecule has 0 aliphatic rings. The topological polar surface area (TPSA) is 9.23 Å². The van der Waals surface area contributed by atoms with Crippen LogP contribution in [-0.4, -0.2) is 7.11 Å². The van der Waals surface area contributed by atoms with Crippen LogP contribution in [0.1, 0.15) is 16.0 Å². The minimum Gasteiger partial charge on any atom is -0.497 e. The van der Waals surface area contributed by atoms with E-state index in [0.717, 1.165) is 22.9 Å². The molecule has 1 atom stereocenters. The molecule has 19 heavy (non-hydrogen) atoms. The molecule has 100 valence electrons. The van der Waals surface area contributed by atoms with Gasteiger partial charge in [0, 0.05) is 4.83 Å². The third-order valence-corrected chi connectivity index (χ3v) is 3.71. The summed E-state index contributed by atoms with van der Waals surface area (Å²) in [4.78, 5) is 0.0208. The van der Waals surface area contributed by atoms with Gasteiger partial charge < -0.3 is 4.74 Å². The molecule has 1 nitrogen and oxygen atoms in total. The van der Waals surface area contributed by atoms with Gasteiger partial charge in [-0.2, -0.15) is 0 Å². The zero-order valence-corrected chi connectivity index (χ0v) is 12.0. The molecule has 2 aromatic carbocycles. The van der Waals surface area contributed by atoms with Crippen LogP contribution < -0.4 is 4.74 Å². The highest BCUT2D eigenvalue weighted by Crippen LogP contribution is 2.29. The van der Waals surface area contributed by atoms with Gasteiger partial charge in [0.2, 0.25) is 0 Å². The van der Waals surface area contributed by atoms with Gasteiger partial charge in [0.15, 0.2) is 11.6 Å². The van der Waals surface area contributed by atoms with Crippen molar-refractivity contribution in [2.24, 2.45) is 0 Å². The molecule has 0 heterocycles. The summed E-state index contributed by atoms with van der Waals surface area (Å²) in [5.74, 6) is -0.869. The van der Waals surface area contributed by atoms with Crippen LogP contribution in [0.5, 0.6) is 5.75 Å². The van der Waals surface area contributed by atoms with Gasteiger partial charge in [0.1, 0.15) is 5.75 Å². The van der Waals surface area contributed by atoms with Gasteiger partial charge in [-0.05, 0) is 41.8 Å². The number of methoxy groups -OCH3 is 1. The summed E-state index contributed by atoms with van der Waals surface area (Å²) in [6.45, 7) is 0. The van der Waals surface area contributed by atoms with E-state index in [1.54, 1.807) is 13.2 Å². The quantitative estimate of drug-likeness (QED) is 0.743.